The SMILES string of the molecule is O=[Si](O)O.O=[Si]([O-])[O-].O=[Si]([O-])[O-].O=[Si]([O-])[O-].[Al+3].[Al+3]. The van der Waals surface area contributed by atoms with Crippen LogP contribution in [0.1, 0.15) is 0 Å². The zero-order valence-electron chi connectivity index (χ0n) is 8.13. The molecule has 0 spiro atoms. The average molecular weight is 360 g/mol. The molecule has 0 fully saturated rings. The molecule has 0 aliphatic carbocycles. The van der Waals surface area contributed by atoms with E-state index in [0.717, 1.165) is 0 Å². The summed E-state index contributed by atoms with van der Waals surface area (Å²) in [5.74, 6) is 0. The molecule has 0 unspecified atom stereocenters. The van der Waals surface area contributed by atoms with Crippen molar-refractivity contribution in [1.29, 1.82) is 0 Å². The fourth-order valence-electron chi connectivity index (χ4n) is 0. The molecule has 96 valence electrons. The predicted octanol–water partition coefficient (Wildman–Crippen LogP) is -11.0. The predicted molar refractivity (Wildman–Crippen MR) is 41.7 cm³/mol. The summed E-state index contributed by atoms with van der Waals surface area (Å²) in [6.45, 7) is 0. The first-order valence-corrected chi connectivity index (χ1v) is 7.47. The van der Waals surface area contributed by atoms with Crippen molar-refractivity contribution in [2.45, 2.75) is 0 Å². The molecule has 0 saturated heterocycles. The van der Waals surface area contributed by atoms with Gasteiger partial charge in [-0.2, -0.15) is 0 Å². The van der Waals surface area contributed by atoms with Gasteiger partial charge >= 0.3 is 43.9 Å². The third kappa shape index (κ3) is 15000. The van der Waals surface area contributed by atoms with E-state index in [9.17, 15) is 0 Å². The molecule has 0 atom stereocenters. The smallest absolute Gasteiger partial charge is 0.672 e. The maximum absolute atomic E-state index is 8.74. The minimum absolute atomic E-state index is 0. The Morgan fingerprint density at radius 2 is 0.556 bits per heavy atom. The molecule has 0 amide bonds. The maximum Gasteiger partial charge on any atom is 3.00 e. The van der Waals surface area contributed by atoms with Crippen LogP contribution in [0.3, 0.4) is 0 Å². The number of hydrogen-bond acceptors (Lipinski definition) is 10. The summed E-state index contributed by atoms with van der Waals surface area (Å²) in [7, 11) is -14.0. The van der Waals surface area contributed by atoms with Gasteiger partial charge in [0.1, 0.15) is 0 Å². The zero-order valence-corrected chi connectivity index (χ0v) is 14.4. The Balaban J connectivity index is -0.0000000257. The molecule has 0 aromatic heterocycles. The second kappa shape index (κ2) is 30.0. The molecular formula is H2Al2O12Si4. The molecule has 0 aromatic rings. The average Bonchev–Trinajstić information content (AvgIpc) is 1.76. The molecule has 0 aromatic carbocycles. The van der Waals surface area contributed by atoms with E-state index in [1.807, 2.05) is 0 Å². The number of rotatable bonds is 0. The van der Waals surface area contributed by atoms with Gasteiger partial charge in [0.25, 0.3) is 0 Å². The minimum atomic E-state index is -3.63. The summed E-state index contributed by atoms with van der Waals surface area (Å²) in [6, 6.07) is 0. The van der Waals surface area contributed by atoms with E-state index in [1.54, 1.807) is 0 Å². The van der Waals surface area contributed by atoms with Gasteiger partial charge in [0.2, 0.25) is 0 Å². The Labute approximate surface area is 127 Å². The Morgan fingerprint density at radius 3 is 0.556 bits per heavy atom. The first-order chi connectivity index (χ1) is 6.93. The van der Waals surface area contributed by atoms with Crippen molar-refractivity contribution in [2.24, 2.45) is 0 Å². The largest absolute Gasteiger partial charge is 3.00 e. The van der Waals surface area contributed by atoms with Gasteiger partial charge < -0.3 is 51.8 Å². The molecule has 0 saturated carbocycles. The first-order valence-electron chi connectivity index (χ1n) is 2.49. The second-order valence-electron chi connectivity index (χ2n) is 1.03. The Hall–Kier alpha value is -0.468. The van der Waals surface area contributed by atoms with Crippen molar-refractivity contribution in [3.63, 3.8) is 0 Å². The Bertz CT molecular complexity index is 162. The van der Waals surface area contributed by atoms with Crippen LogP contribution in [0.4, 0.5) is 0 Å². The van der Waals surface area contributed by atoms with Gasteiger partial charge in [0, 0.05) is 27.5 Å². The standard InChI is InChI=1S/2Al.H2O3Si.3O3Si/c;;4*1-4(2)3/h;;1-2H;;;/q2*+3;;3*-2. The summed E-state index contributed by atoms with van der Waals surface area (Å²) in [5, 5.41) is 0. The van der Waals surface area contributed by atoms with Crippen LogP contribution in [-0.2, 0) is 17.8 Å². The van der Waals surface area contributed by atoms with Gasteiger partial charge in [0.05, 0.1) is 0 Å². The van der Waals surface area contributed by atoms with Gasteiger partial charge in [-0.15, -0.1) is 0 Å². The normalized spacial score (nSPS) is 5.33. The van der Waals surface area contributed by atoms with E-state index < -0.39 is 36.7 Å². The van der Waals surface area contributed by atoms with Crippen LogP contribution in [0.2, 0.25) is 0 Å². The van der Waals surface area contributed by atoms with Crippen molar-refractivity contribution in [1.82, 2.24) is 0 Å². The van der Waals surface area contributed by atoms with E-state index in [-0.39, 0.29) is 34.7 Å². The van der Waals surface area contributed by atoms with Crippen molar-refractivity contribution in [3.05, 3.63) is 0 Å². The molecule has 2 N–H and O–H groups in total. The third-order valence-corrected chi connectivity index (χ3v) is 0. The summed E-state index contributed by atoms with van der Waals surface area (Å²) in [5.41, 5.74) is 0. The molecule has 0 aliphatic heterocycles. The Morgan fingerprint density at radius 1 is 0.556 bits per heavy atom. The maximum atomic E-state index is 8.74. The summed E-state index contributed by atoms with van der Waals surface area (Å²) in [4.78, 5) is 65.4. The summed E-state index contributed by atoms with van der Waals surface area (Å²) >= 11 is 0. The van der Waals surface area contributed by atoms with Gasteiger partial charge in [-0.3, -0.25) is 4.46 Å². The van der Waals surface area contributed by atoms with E-state index in [2.05, 4.69) is 0 Å². The molecule has 12 nitrogen and oxygen atoms in total. The quantitative estimate of drug-likeness (QED) is 0.382. The van der Waals surface area contributed by atoms with E-state index in [4.69, 9.17) is 56.2 Å². The molecule has 0 heterocycles. The van der Waals surface area contributed by atoms with Gasteiger partial charge in [-0.1, -0.05) is 0 Å². The second-order valence-corrected chi connectivity index (χ2v) is 3.10. The summed E-state index contributed by atoms with van der Waals surface area (Å²) < 4.78 is 34.3. The van der Waals surface area contributed by atoms with Gasteiger partial charge in [-0.25, -0.2) is 0 Å². The van der Waals surface area contributed by atoms with Crippen LogP contribution in [0.5, 0.6) is 0 Å². The van der Waals surface area contributed by atoms with Crippen LogP contribution in [0, 0.1) is 0 Å². The zero-order chi connectivity index (χ0) is 14.3. The fraction of sp³-hybridized carbons (Fsp3) is 0. The van der Waals surface area contributed by atoms with Crippen LogP contribution in [0.15, 0.2) is 0 Å². The molecule has 0 rings (SSSR count). The van der Waals surface area contributed by atoms with Crippen LogP contribution in [0.25, 0.3) is 0 Å². The van der Waals surface area contributed by atoms with Crippen molar-refractivity contribution in [2.75, 3.05) is 0 Å². The van der Waals surface area contributed by atoms with E-state index in [0.29, 0.717) is 0 Å². The molecule has 0 bridgehead atoms. The number of hydrogen-bond donors (Lipinski definition) is 2. The third-order valence-electron chi connectivity index (χ3n) is 0. The van der Waals surface area contributed by atoms with Crippen molar-refractivity contribution in [3.8, 4) is 0 Å². The molecule has 0 radical (unpaired) electrons. The van der Waals surface area contributed by atoms with Gasteiger partial charge in [-0.05, 0) is 0 Å². The minimum Gasteiger partial charge on any atom is -0.672 e. The molecule has 18 heavy (non-hydrogen) atoms. The van der Waals surface area contributed by atoms with Gasteiger partial charge in [0.15, 0.2) is 0 Å². The first kappa shape index (κ1) is 36.0. The Kier molecular flexibility index (Phi) is 60.0. The molecular weight excluding hydrogens is 358 g/mol. The molecule has 18 heteroatoms. The van der Waals surface area contributed by atoms with Crippen LogP contribution in [-0.4, -0.2) is 81.0 Å². The van der Waals surface area contributed by atoms with Crippen molar-refractivity contribution < 1.29 is 56.2 Å². The van der Waals surface area contributed by atoms with Crippen LogP contribution >= 0.6 is 0 Å². The molecule has 0 aliphatic rings. The topological polar surface area (TPSA) is 247 Å². The van der Waals surface area contributed by atoms with E-state index in [1.165, 1.54) is 0 Å². The monoisotopic (exact) mass is 360 g/mol. The van der Waals surface area contributed by atoms with Crippen molar-refractivity contribution >= 4 is 71.4 Å². The fourth-order valence-corrected chi connectivity index (χ4v) is 0. The summed E-state index contributed by atoms with van der Waals surface area (Å²) in [6.07, 6.45) is 0. The van der Waals surface area contributed by atoms with Crippen LogP contribution < -0.4 is 28.8 Å². The van der Waals surface area contributed by atoms with E-state index >= 15 is 0 Å².